The van der Waals surface area contributed by atoms with Gasteiger partial charge in [-0.1, -0.05) is 38.0 Å². The number of benzene rings is 2. The number of likely N-dealkylation sites (N-methyl/N-ethyl adjacent to an activating group) is 1. The molecule has 0 amide bonds. The average Bonchev–Trinajstić information content (AvgIpc) is 2.96. The molecule has 11 heteroatoms. The average molecular weight is 569 g/mol. The van der Waals surface area contributed by atoms with Crippen molar-refractivity contribution in [2.75, 3.05) is 38.0 Å². The number of thioether (sulfide) groups is 1. The van der Waals surface area contributed by atoms with Gasteiger partial charge in [-0.05, 0) is 44.7 Å². The number of fused-ring (bicyclic) bond motifs is 1. The van der Waals surface area contributed by atoms with Gasteiger partial charge in [0.2, 0.25) is 10.0 Å². The van der Waals surface area contributed by atoms with Crippen LogP contribution in [0.2, 0.25) is 0 Å². The third kappa shape index (κ3) is 6.99. The van der Waals surface area contributed by atoms with Crippen LogP contribution in [0.25, 0.3) is 0 Å². The molecule has 204 valence electrons. The van der Waals surface area contributed by atoms with Gasteiger partial charge in [0.1, 0.15) is 10.6 Å². The van der Waals surface area contributed by atoms with Gasteiger partial charge in [0.05, 0.1) is 35.9 Å². The maximum absolute atomic E-state index is 13.9. The molecular formula is C26H37N2O6PS2. The molecule has 0 aliphatic carbocycles. The second kappa shape index (κ2) is 13.3. The lowest BCUT2D eigenvalue weighted by Crippen LogP contribution is -2.40. The molecule has 0 radical (unpaired) electrons. The fraction of sp³-hybridized carbons (Fsp3) is 0.462. The SMILES string of the molecule is CCCCC1CN(c2ccccc2)c2cc(SC)c(O/C=C/P(=O)(OCC)OCC)cc2S(=O)(=O)N1C. The topological polar surface area (TPSA) is 85.4 Å². The molecule has 2 aromatic rings. The number of anilines is 2. The van der Waals surface area contributed by atoms with Gasteiger partial charge in [-0.15, -0.1) is 11.8 Å². The first-order valence-electron chi connectivity index (χ1n) is 12.5. The minimum Gasteiger partial charge on any atom is -0.463 e. The molecule has 0 aromatic heterocycles. The number of rotatable bonds is 12. The van der Waals surface area contributed by atoms with E-state index in [1.807, 2.05) is 42.7 Å². The van der Waals surface area contributed by atoms with Crippen molar-refractivity contribution in [1.82, 2.24) is 4.31 Å². The molecular weight excluding hydrogens is 531 g/mol. The summed E-state index contributed by atoms with van der Waals surface area (Å²) in [5.74, 6) is 1.60. The van der Waals surface area contributed by atoms with Crippen molar-refractivity contribution in [2.24, 2.45) is 0 Å². The van der Waals surface area contributed by atoms with Gasteiger partial charge in [-0.25, -0.2) is 8.42 Å². The lowest BCUT2D eigenvalue weighted by atomic mass is 10.1. The van der Waals surface area contributed by atoms with Crippen LogP contribution in [0.4, 0.5) is 11.4 Å². The third-order valence-electron chi connectivity index (χ3n) is 6.12. The summed E-state index contributed by atoms with van der Waals surface area (Å²) in [6, 6.07) is 13.0. The van der Waals surface area contributed by atoms with E-state index in [1.165, 1.54) is 28.1 Å². The van der Waals surface area contributed by atoms with E-state index in [1.54, 1.807) is 27.0 Å². The second-order valence-corrected chi connectivity index (χ2v) is 13.2. The molecule has 2 aromatic carbocycles. The standard InChI is InChI=1S/C26H37N2O6PS2/c1-6-9-13-22-20-28(21-14-11-10-12-15-21)23-18-25(36-5)24(19-26(23)37(30,31)27(22)4)32-16-17-35(29,33-7-2)34-8-3/h10-12,14-19,22H,6-9,13,20H2,1-5H3/b17-16+. The third-order valence-corrected chi connectivity index (χ3v) is 10.5. The lowest BCUT2D eigenvalue weighted by molar-refractivity contribution is 0.228. The zero-order valence-corrected chi connectivity index (χ0v) is 24.7. The summed E-state index contributed by atoms with van der Waals surface area (Å²) < 4.78 is 58.4. The van der Waals surface area contributed by atoms with Crippen LogP contribution in [0.5, 0.6) is 5.75 Å². The molecule has 0 N–H and O–H groups in total. The minimum absolute atomic E-state index is 0.164. The van der Waals surface area contributed by atoms with Gasteiger partial charge in [0.25, 0.3) is 0 Å². The van der Waals surface area contributed by atoms with Crippen molar-refractivity contribution in [1.29, 1.82) is 0 Å². The first-order chi connectivity index (χ1) is 17.7. The summed E-state index contributed by atoms with van der Waals surface area (Å²) in [5.41, 5.74) is 1.53. The molecule has 37 heavy (non-hydrogen) atoms. The van der Waals surface area contributed by atoms with Crippen LogP contribution in [-0.4, -0.2) is 51.8 Å². The van der Waals surface area contributed by atoms with Gasteiger partial charge in [0, 0.05) is 31.4 Å². The van der Waals surface area contributed by atoms with Gasteiger partial charge in [0.15, 0.2) is 0 Å². The number of unbranched alkanes of at least 4 members (excludes halogenated alkanes) is 1. The molecule has 1 atom stereocenters. The van der Waals surface area contributed by atoms with Crippen molar-refractivity contribution in [2.45, 2.75) is 55.9 Å². The van der Waals surface area contributed by atoms with Crippen LogP contribution in [0.1, 0.15) is 40.0 Å². The van der Waals surface area contributed by atoms with E-state index < -0.39 is 17.6 Å². The van der Waals surface area contributed by atoms with Crippen LogP contribution < -0.4 is 9.64 Å². The Morgan fingerprint density at radius 1 is 1.11 bits per heavy atom. The molecule has 1 aliphatic heterocycles. The fourth-order valence-electron chi connectivity index (χ4n) is 4.20. The van der Waals surface area contributed by atoms with Crippen LogP contribution in [0.3, 0.4) is 0 Å². The Morgan fingerprint density at radius 3 is 2.38 bits per heavy atom. The summed E-state index contributed by atoms with van der Waals surface area (Å²) >= 11 is 1.44. The van der Waals surface area contributed by atoms with E-state index in [0.717, 1.165) is 29.8 Å². The molecule has 0 spiro atoms. The summed E-state index contributed by atoms with van der Waals surface area (Å²) in [6.45, 7) is 6.53. The Labute approximate surface area is 225 Å². The lowest BCUT2D eigenvalue weighted by Gasteiger charge is -2.29. The molecule has 0 fully saturated rings. The Hall–Kier alpha value is -1.81. The first kappa shape index (κ1) is 29.7. The van der Waals surface area contributed by atoms with Gasteiger partial charge < -0.3 is 18.7 Å². The molecule has 0 saturated carbocycles. The van der Waals surface area contributed by atoms with Crippen LogP contribution >= 0.6 is 19.4 Å². The number of sulfonamides is 1. The monoisotopic (exact) mass is 568 g/mol. The minimum atomic E-state index is -3.82. The van der Waals surface area contributed by atoms with Crippen molar-refractivity contribution < 1.29 is 26.8 Å². The predicted octanol–water partition coefficient (Wildman–Crippen LogP) is 6.86. The van der Waals surface area contributed by atoms with E-state index in [9.17, 15) is 13.0 Å². The number of ether oxygens (including phenoxy) is 1. The van der Waals surface area contributed by atoms with E-state index in [2.05, 4.69) is 11.8 Å². The zero-order chi connectivity index (χ0) is 27.1. The summed E-state index contributed by atoms with van der Waals surface area (Å²) in [6.07, 6.45) is 5.82. The van der Waals surface area contributed by atoms with Crippen molar-refractivity contribution in [3.05, 3.63) is 54.5 Å². The van der Waals surface area contributed by atoms with Gasteiger partial charge in [-0.2, -0.15) is 4.31 Å². The Kier molecular flexibility index (Phi) is 10.7. The summed E-state index contributed by atoms with van der Waals surface area (Å²) in [5, 5.41) is 0. The maximum Gasteiger partial charge on any atom is 0.357 e. The van der Waals surface area contributed by atoms with Crippen molar-refractivity contribution in [3.63, 3.8) is 0 Å². The van der Waals surface area contributed by atoms with E-state index in [4.69, 9.17) is 13.8 Å². The number of hydrogen-bond acceptors (Lipinski definition) is 8. The number of nitrogens with zero attached hydrogens (tertiary/aromatic N) is 2. The van der Waals surface area contributed by atoms with Gasteiger partial charge >= 0.3 is 7.60 Å². The molecule has 1 aliphatic rings. The number of hydrogen-bond donors (Lipinski definition) is 0. The van der Waals surface area contributed by atoms with Crippen molar-refractivity contribution in [3.8, 4) is 5.75 Å². The quantitative estimate of drug-likeness (QED) is 0.156. The van der Waals surface area contributed by atoms with Crippen LogP contribution in [-0.2, 0) is 23.6 Å². The van der Waals surface area contributed by atoms with E-state index in [0.29, 0.717) is 18.0 Å². The predicted molar refractivity (Wildman–Crippen MR) is 151 cm³/mol. The largest absolute Gasteiger partial charge is 0.463 e. The smallest absolute Gasteiger partial charge is 0.357 e. The van der Waals surface area contributed by atoms with E-state index in [-0.39, 0.29) is 24.2 Å². The molecule has 0 saturated heterocycles. The van der Waals surface area contributed by atoms with E-state index >= 15 is 0 Å². The summed E-state index contributed by atoms with van der Waals surface area (Å²) in [4.78, 5) is 2.99. The molecule has 1 unspecified atom stereocenters. The highest BCUT2D eigenvalue weighted by Gasteiger charge is 2.37. The second-order valence-electron chi connectivity index (χ2n) is 8.51. The van der Waals surface area contributed by atoms with Crippen LogP contribution in [0.15, 0.2) is 64.3 Å². The Morgan fingerprint density at radius 2 is 1.78 bits per heavy atom. The molecule has 8 nitrogen and oxygen atoms in total. The summed E-state index contributed by atoms with van der Waals surface area (Å²) in [7, 11) is -5.63. The number of para-hydroxylation sites is 1. The van der Waals surface area contributed by atoms with Gasteiger partial charge in [-0.3, -0.25) is 4.57 Å². The Bertz CT molecular complexity index is 1210. The highest BCUT2D eigenvalue weighted by molar-refractivity contribution is 7.98. The maximum atomic E-state index is 13.9. The molecule has 1 heterocycles. The normalized spacial score (nSPS) is 18.1. The molecule has 3 rings (SSSR count). The Balaban J connectivity index is 2.12. The molecule has 0 bridgehead atoms. The highest BCUT2D eigenvalue weighted by atomic mass is 32.2. The van der Waals surface area contributed by atoms with Crippen molar-refractivity contribution >= 4 is 40.8 Å². The fourth-order valence-corrected chi connectivity index (χ4v) is 7.48. The first-order valence-corrected chi connectivity index (χ1v) is 16.7. The van der Waals surface area contributed by atoms with Crippen LogP contribution in [0, 0.1) is 0 Å². The zero-order valence-electron chi connectivity index (χ0n) is 22.1. The highest BCUT2D eigenvalue weighted by Crippen LogP contribution is 2.50.